The van der Waals surface area contributed by atoms with E-state index in [9.17, 15) is 75.7 Å². The molecule has 0 aliphatic carbocycles. The summed E-state index contributed by atoms with van der Waals surface area (Å²) in [6, 6.07) is -2.70. The average Bonchev–Trinajstić information content (AvgIpc) is 1.55. The average molecular weight is 1200 g/mol. The van der Waals surface area contributed by atoms with Gasteiger partial charge in [-0.1, -0.05) is 180 Å². The van der Waals surface area contributed by atoms with Crippen LogP contribution in [0.2, 0.25) is 0 Å². The van der Waals surface area contributed by atoms with Crippen molar-refractivity contribution >= 4 is 17.8 Å². The largest absolute Gasteiger partial charge is 0.544 e. The Kier molecular flexibility index (Phi) is 35.3. The van der Waals surface area contributed by atoms with Gasteiger partial charge in [0.15, 0.2) is 12.6 Å². The Morgan fingerprint density at radius 2 is 1.24 bits per heavy atom. The van der Waals surface area contributed by atoms with Gasteiger partial charge in [0.25, 0.3) is 0 Å². The number of carbonyl (C=O) groups excluding carboxylic acids is 3. The number of ether oxygens (including phenoxy) is 6. The number of hydrogen-bond donors (Lipinski definition) is 14. The molecular formula is C59H111N3O21. The molecule has 14 unspecified atom stereocenters. The Bertz CT molecular complexity index is 1940. The molecule has 488 valence electrons. The number of allylic oxidation sites excluding steroid dienone is 1. The number of hydrogen-bond acceptors (Lipinski definition) is 21. The minimum Gasteiger partial charge on any atom is -0.544 e. The highest BCUT2D eigenvalue weighted by molar-refractivity contribution is 5.76. The van der Waals surface area contributed by atoms with Crippen molar-refractivity contribution in [3.05, 3.63) is 12.2 Å². The summed E-state index contributed by atoms with van der Waals surface area (Å²) in [6.07, 6.45) is -3.24. The van der Waals surface area contributed by atoms with Crippen molar-refractivity contribution in [1.82, 2.24) is 16.8 Å². The molecule has 83 heavy (non-hydrogen) atoms. The van der Waals surface area contributed by atoms with E-state index in [4.69, 9.17) is 35.3 Å². The fraction of sp³-hybridized carbons (Fsp3) is 0.915. The molecule has 0 spiro atoms. The lowest BCUT2D eigenvalue weighted by molar-refractivity contribution is -0.411. The summed E-state index contributed by atoms with van der Waals surface area (Å²) >= 11 is 0. The molecule has 0 aromatic heterocycles. The Morgan fingerprint density at radius 3 is 1.76 bits per heavy atom. The van der Waals surface area contributed by atoms with Gasteiger partial charge in [-0.15, -0.1) is 0 Å². The third-order valence-electron chi connectivity index (χ3n) is 15.6. The molecule has 24 heteroatoms. The van der Waals surface area contributed by atoms with Crippen LogP contribution in [0.4, 0.5) is 0 Å². The van der Waals surface area contributed by atoms with E-state index in [2.05, 4.69) is 17.6 Å². The SMILES string of the molecule is [2H]C([2H])([2H])C([2H])([2H])CCCCCCCCCCCCCCCC(=O)N[C@@H](COC1OC(CO)C(OC2OC(CO)C(O)C(OC3(C(=O)[O-])CC(O)C(NC(C)=O)C([C@H](O)[C@H](O)CO)O3)C2O)C(O)C1O)[C@H](O)/C=C/CCCCCCCCCCCCC.[NH4+]. The van der Waals surface area contributed by atoms with E-state index in [-0.39, 0.29) is 24.9 Å². The standard InChI is InChI=1S/C59H108N2O21.H3N/c1-4-6-8-10-12-14-16-18-19-21-23-25-27-29-31-33-46(69)61-40(41(66)32-30-28-26-24-22-20-17-15-13-11-9-7-5-2)38-77-56-51(73)50(72)53(45(37-64)79-56)80-57-52(74)55(49(71)44(36-63)78-57)82-59(58(75)76)34-42(67)47(60-39(3)65)54(81-59)48(70)43(68)35-62;/h30,32,40-45,47-57,62-64,66-68,70-74H,4-29,31,33-38H2,1-3H3,(H,60,65)(H,61,69)(H,75,76);1H3/b32-30+;/t40-,41+,42?,43+,44?,45?,47?,48+,49?,50?,51?,52?,53?,54?,55?,56?,57?,59?;/m0./s1/i1D3,4D2;. The molecule has 0 bridgehead atoms. The van der Waals surface area contributed by atoms with Crippen LogP contribution in [0.15, 0.2) is 12.2 Å². The van der Waals surface area contributed by atoms with Crippen LogP contribution < -0.4 is 21.9 Å². The summed E-state index contributed by atoms with van der Waals surface area (Å²) in [4.78, 5) is 38.3. The van der Waals surface area contributed by atoms with E-state index in [1.165, 1.54) is 44.9 Å². The zero-order chi connectivity index (χ0) is 64.7. The second kappa shape index (κ2) is 43.1. The van der Waals surface area contributed by atoms with Gasteiger partial charge >= 0.3 is 0 Å². The van der Waals surface area contributed by atoms with Crippen molar-refractivity contribution in [3.8, 4) is 0 Å². The van der Waals surface area contributed by atoms with Crippen LogP contribution in [-0.2, 0) is 42.8 Å². The topological polar surface area (TPSA) is 413 Å². The first-order chi connectivity index (χ1) is 41.3. The first-order valence-corrected chi connectivity index (χ1v) is 30.4. The van der Waals surface area contributed by atoms with Crippen LogP contribution in [0.5, 0.6) is 0 Å². The number of aliphatic hydroxyl groups is 11. The molecule has 0 saturated carbocycles. The number of aliphatic hydroxyl groups excluding tert-OH is 11. The number of amides is 2. The molecule has 0 radical (unpaired) electrons. The molecule has 3 fully saturated rings. The summed E-state index contributed by atoms with van der Waals surface area (Å²) in [7, 11) is 0. The lowest BCUT2D eigenvalue weighted by Gasteiger charge is -2.52. The zero-order valence-electron chi connectivity index (χ0n) is 54.6. The van der Waals surface area contributed by atoms with Crippen molar-refractivity contribution in [1.29, 1.82) is 0 Å². The zero-order valence-corrected chi connectivity index (χ0v) is 49.6. The summed E-state index contributed by atoms with van der Waals surface area (Å²) < 4.78 is 71.9. The maximum absolute atomic E-state index is 13.4. The van der Waals surface area contributed by atoms with Gasteiger partial charge in [-0.2, -0.15) is 0 Å². The number of unbranched alkanes of at least 4 members (excludes halogenated alkanes) is 23. The number of rotatable bonds is 45. The lowest BCUT2D eigenvalue weighted by atomic mass is 9.88. The summed E-state index contributed by atoms with van der Waals surface area (Å²) in [5.74, 6) is -6.61. The monoisotopic (exact) mass is 1200 g/mol. The van der Waals surface area contributed by atoms with Crippen LogP contribution in [0, 0.1) is 0 Å². The Balaban J connectivity index is 0.0000264. The minimum atomic E-state index is -3.21. The first-order valence-electron chi connectivity index (χ1n) is 32.9. The van der Waals surface area contributed by atoms with Crippen molar-refractivity contribution in [2.75, 3.05) is 26.4 Å². The van der Waals surface area contributed by atoms with Crippen LogP contribution in [0.1, 0.15) is 214 Å². The molecule has 0 aromatic carbocycles. The van der Waals surface area contributed by atoms with Crippen molar-refractivity contribution < 1.29 is 111 Å². The van der Waals surface area contributed by atoms with E-state index in [1.54, 1.807) is 6.08 Å². The van der Waals surface area contributed by atoms with E-state index in [0.717, 1.165) is 103 Å². The quantitative estimate of drug-likeness (QED) is 0.0307. The fourth-order valence-electron chi connectivity index (χ4n) is 10.7. The van der Waals surface area contributed by atoms with Gasteiger partial charge in [-0.3, -0.25) is 9.59 Å². The second-order valence-electron chi connectivity index (χ2n) is 22.5. The van der Waals surface area contributed by atoms with Crippen LogP contribution in [0.3, 0.4) is 0 Å². The van der Waals surface area contributed by atoms with E-state index < -0.39 is 168 Å². The summed E-state index contributed by atoms with van der Waals surface area (Å²) in [5.41, 5.74) is 0. The Hall–Kier alpha value is -2.57. The summed E-state index contributed by atoms with van der Waals surface area (Å²) in [6.45, 7) is -2.90. The molecule has 3 heterocycles. The molecular weight excluding hydrogens is 1090 g/mol. The molecule has 18 atom stereocenters. The number of nitrogens with one attached hydrogen (secondary N) is 2. The molecule has 0 aromatic rings. The van der Waals surface area contributed by atoms with Gasteiger partial charge < -0.3 is 111 Å². The molecule has 24 nitrogen and oxygen atoms in total. The summed E-state index contributed by atoms with van der Waals surface area (Å²) in [5, 5.41) is 138. The van der Waals surface area contributed by atoms with Gasteiger partial charge in [0, 0.05) is 26.6 Å². The van der Waals surface area contributed by atoms with Gasteiger partial charge in [-0.05, 0) is 19.3 Å². The van der Waals surface area contributed by atoms with Gasteiger partial charge in [0.2, 0.25) is 17.6 Å². The molecule has 3 saturated heterocycles. The third kappa shape index (κ3) is 26.7. The highest BCUT2D eigenvalue weighted by Gasteiger charge is 2.58. The predicted molar refractivity (Wildman–Crippen MR) is 305 cm³/mol. The maximum atomic E-state index is 13.4. The smallest absolute Gasteiger partial charge is 0.220 e. The van der Waals surface area contributed by atoms with Gasteiger partial charge in [0.05, 0.1) is 50.7 Å². The lowest BCUT2D eigenvalue weighted by Crippen LogP contribution is -2.72. The van der Waals surface area contributed by atoms with Crippen LogP contribution in [0.25, 0.3) is 0 Å². The van der Waals surface area contributed by atoms with Crippen LogP contribution in [-0.4, -0.2) is 210 Å². The molecule has 17 N–H and O–H groups in total. The molecule has 3 aliphatic rings. The van der Waals surface area contributed by atoms with E-state index in [0.29, 0.717) is 19.3 Å². The van der Waals surface area contributed by atoms with Crippen molar-refractivity contribution in [2.24, 2.45) is 0 Å². The van der Waals surface area contributed by atoms with Gasteiger partial charge in [0.1, 0.15) is 73.1 Å². The van der Waals surface area contributed by atoms with E-state index >= 15 is 0 Å². The first kappa shape index (κ1) is 67.9. The number of aliphatic carboxylic acids is 1. The minimum absolute atomic E-state index is 0. The number of carbonyl (C=O) groups is 3. The Labute approximate surface area is 499 Å². The fourth-order valence-corrected chi connectivity index (χ4v) is 10.7. The highest BCUT2D eigenvalue weighted by Crippen LogP contribution is 2.38. The molecule has 3 rings (SSSR count). The van der Waals surface area contributed by atoms with E-state index in [1.807, 2.05) is 6.08 Å². The van der Waals surface area contributed by atoms with Crippen LogP contribution >= 0.6 is 0 Å². The van der Waals surface area contributed by atoms with Gasteiger partial charge in [-0.25, -0.2) is 0 Å². The predicted octanol–water partition coefficient (Wildman–Crippen LogP) is 2.21. The molecule has 2 amide bonds. The Morgan fingerprint density at radius 1 is 0.711 bits per heavy atom. The number of carboxylic acids is 1. The highest BCUT2D eigenvalue weighted by atomic mass is 16.8. The number of carboxylic acid groups (broad SMARTS) is 1. The second-order valence-corrected chi connectivity index (χ2v) is 22.5. The van der Waals surface area contributed by atoms with Crippen molar-refractivity contribution in [3.63, 3.8) is 0 Å². The van der Waals surface area contributed by atoms with Crippen molar-refractivity contribution in [2.45, 2.75) is 317 Å². The molecule has 3 aliphatic heterocycles. The maximum Gasteiger partial charge on any atom is 0.220 e. The normalized spacial score (nSPS) is 31.1. The number of quaternary nitrogens is 1. The third-order valence-corrected chi connectivity index (χ3v) is 15.6.